The molecule has 0 aliphatic carbocycles. The Bertz CT molecular complexity index is 591. The second kappa shape index (κ2) is 6.43. The van der Waals surface area contributed by atoms with Crippen molar-refractivity contribution in [3.05, 3.63) is 47.9 Å². The standard InChI is InChI=1S/C16H20N2O3/c1-4-20-14(19)13-10-21-15(18-13)17-11-16(2,3)12-8-6-5-7-9-12/h5-10H,4,11H2,1-3H3,(H,17,18). The van der Waals surface area contributed by atoms with Gasteiger partial charge in [-0.15, -0.1) is 0 Å². The number of nitrogens with one attached hydrogen (secondary N) is 1. The van der Waals surface area contributed by atoms with Crippen LogP contribution in [-0.4, -0.2) is 24.1 Å². The molecule has 1 aromatic carbocycles. The number of aromatic nitrogens is 1. The Hall–Kier alpha value is -2.30. The van der Waals surface area contributed by atoms with Crippen molar-refractivity contribution >= 4 is 12.0 Å². The molecule has 0 unspecified atom stereocenters. The van der Waals surface area contributed by atoms with Crippen LogP contribution in [-0.2, 0) is 10.2 Å². The highest BCUT2D eigenvalue weighted by atomic mass is 16.5. The Kier molecular flexibility index (Phi) is 4.62. The maximum absolute atomic E-state index is 11.5. The van der Waals surface area contributed by atoms with E-state index in [-0.39, 0.29) is 11.1 Å². The smallest absolute Gasteiger partial charge is 0.360 e. The number of hydrogen-bond acceptors (Lipinski definition) is 5. The third-order valence-electron chi connectivity index (χ3n) is 3.23. The van der Waals surface area contributed by atoms with Gasteiger partial charge in [0.25, 0.3) is 6.01 Å². The van der Waals surface area contributed by atoms with Crippen molar-refractivity contribution in [2.45, 2.75) is 26.2 Å². The third-order valence-corrected chi connectivity index (χ3v) is 3.23. The average Bonchev–Trinajstić information content (AvgIpc) is 2.96. The van der Waals surface area contributed by atoms with E-state index in [1.807, 2.05) is 18.2 Å². The van der Waals surface area contributed by atoms with E-state index in [2.05, 4.69) is 36.3 Å². The number of nitrogens with zero attached hydrogens (tertiary/aromatic N) is 1. The van der Waals surface area contributed by atoms with E-state index < -0.39 is 5.97 Å². The zero-order valence-corrected chi connectivity index (χ0v) is 12.6. The summed E-state index contributed by atoms with van der Waals surface area (Å²) in [4.78, 5) is 15.6. The molecule has 0 aliphatic rings. The van der Waals surface area contributed by atoms with Crippen LogP contribution in [0.4, 0.5) is 6.01 Å². The molecule has 0 fully saturated rings. The van der Waals surface area contributed by atoms with Crippen LogP contribution in [0, 0.1) is 0 Å². The molecule has 5 nitrogen and oxygen atoms in total. The molecule has 0 amide bonds. The molecule has 0 spiro atoms. The summed E-state index contributed by atoms with van der Waals surface area (Å²) >= 11 is 0. The molecular formula is C16H20N2O3. The number of anilines is 1. The molecule has 1 heterocycles. The molecule has 2 aromatic rings. The molecule has 1 aromatic heterocycles. The number of rotatable bonds is 6. The van der Waals surface area contributed by atoms with E-state index >= 15 is 0 Å². The Balaban J connectivity index is 1.98. The van der Waals surface area contributed by atoms with Gasteiger partial charge in [-0.25, -0.2) is 4.79 Å². The Morgan fingerprint density at radius 1 is 1.33 bits per heavy atom. The maximum Gasteiger partial charge on any atom is 0.360 e. The lowest BCUT2D eigenvalue weighted by atomic mass is 9.85. The molecule has 0 aliphatic heterocycles. The number of esters is 1. The van der Waals surface area contributed by atoms with Crippen molar-refractivity contribution in [3.63, 3.8) is 0 Å². The second-order valence-corrected chi connectivity index (χ2v) is 5.36. The monoisotopic (exact) mass is 288 g/mol. The first kappa shape index (κ1) is 15.1. The zero-order chi connectivity index (χ0) is 15.3. The lowest BCUT2D eigenvalue weighted by Gasteiger charge is -2.25. The number of oxazole rings is 1. The Morgan fingerprint density at radius 2 is 2.05 bits per heavy atom. The molecule has 0 saturated carbocycles. The largest absolute Gasteiger partial charge is 0.461 e. The number of carbonyl (C=O) groups is 1. The minimum absolute atomic E-state index is 0.0835. The summed E-state index contributed by atoms with van der Waals surface area (Å²) in [5.41, 5.74) is 1.31. The fourth-order valence-electron chi connectivity index (χ4n) is 1.94. The predicted octanol–water partition coefficient (Wildman–Crippen LogP) is 3.24. The highest BCUT2D eigenvalue weighted by molar-refractivity contribution is 5.87. The highest BCUT2D eigenvalue weighted by Gasteiger charge is 2.21. The topological polar surface area (TPSA) is 64.4 Å². The van der Waals surface area contributed by atoms with E-state index in [4.69, 9.17) is 9.15 Å². The summed E-state index contributed by atoms with van der Waals surface area (Å²) in [5.74, 6) is -0.475. The lowest BCUT2D eigenvalue weighted by Crippen LogP contribution is -2.27. The van der Waals surface area contributed by atoms with Gasteiger partial charge in [0, 0.05) is 12.0 Å². The molecule has 112 valence electrons. The Labute approximate surface area is 124 Å². The zero-order valence-electron chi connectivity index (χ0n) is 12.6. The van der Waals surface area contributed by atoms with Gasteiger partial charge in [-0.05, 0) is 12.5 Å². The maximum atomic E-state index is 11.5. The van der Waals surface area contributed by atoms with Gasteiger partial charge in [0.2, 0.25) is 0 Å². The van der Waals surface area contributed by atoms with Gasteiger partial charge in [0.05, 0.1) is 6.61 Å². The van der Waals surface area contributed by atoms with Crippen LogP contribution in [0.15, 0.2) is 41.0 Å². The van der Waals surface area contributed by atoms with Crippen LogP contribution in [0.5, 0.6) is 0 Å². The van der Waals surface area contributed by atoms with E-state index in [9.17, 15) is 4.79 Å². The van der Waals surface area contributed by atoms with Gasteiger partial charge in [0.15, 0.2) is 5.69 Å². The van der Waals surface area contributed by atoms with Crippen molar-refractivity contribution in [2.24, 2.45) is 0 Å². The fourth-order valence-corrected chi connectivity index (χ4v) is 1.94. The molecule has 0 saturated heterocycles. The quantitative estimate of drug-likeness (QED) is 0.827. The molecular weight excluding hydrogens is 268 g/mol. The highest BCUT2D eigenvalue weighted by Crippen LogP contribution is 2.23. The van der Waals surface area contributed by atoms with Crippen LogP contribution < -0.4 is 5.32 Å². The molecule has 0 radical (unpaired) electrons. The number of carbonyl (C=O) groups excluding carboxylic acids is 1. The molecule has 5 heteroatoms. The van der Waals surface area contributed by atoms with Gasteiger partial charge in [-0.3, -0.25) is 0 Å². The summed E-state index contributed by atoms with van der Waals surface area (Å²) in [6, 6.07) is 10.5. The van der Waals surface area contributed by atoms with Gasteiger partial charge in [0.1, 0.15) is 6.26 Å². The van der Waals surface area contributed by atoms with Crippen LogP contribution in [0.1, 0.15) is 36.8 Å². The van der Waals surface area contributed by atoms with Crippen molar-refractivity contribution < 1.29 is 13.9 Å². The second-order valence-electron chi connectivity index (χ2n) is 5.36. The van der Waals surface area contributed by atoms with Gasteiger partial charge in [-0.2, -0.15) is 4.98 Å². The summed E-state index contributed by atoms with van der Waals surface area (Å²) in [5, 5.41) is 3.12. The molecule has 0 atom stereocenters. The number of ether oxygens (including phenoxy) is 1. The first-order valence-electron chi connectivity index (χ1n) is 6.95. The summed E-state index contributed by atoms with van der Waals surface area (Å²) in [7, 11) is 0. The fraction of sp³-hybridized carbons (Fsp3) is 0.375. The first-order valence-corrected chi connectivity index (χ1v) is 6.95. The molecule has 1 N–H and O–H groups in total. The average molecular weight is 288 g/mol. The molecule has 0 bridgehead atoms. The Morgan fingerprint density at radius 3 is 2.71 bits per heavy atom. The van der Waals surface area contributed by atoms with Crippen LogP contribution in [0.25, 0.3) is 0 Å². The van der Waals surface area contributed by atoms with Gasteiger partial charge < -0.3 is 14.5 Å². The summed E-state index contributed by atoms with van der Waals surface area (Å²) in [6.07, 6.45) is 1.30. The van der Waals surface area contributed by atoms with Crippen molar-refractivity contribution in [2.75, 3.05) is 18.5 Å². The number of benzene rings is 1. The summed E-state index contributed by atoms with van der Waals surface area (Å²) < 4.78 is 10.1. The normalized spacial score (nSPS) is 11.2. The first-order chi connectivity index (χ1) is 10.0. The summed E-state index contributed by atoms with van der Waals surface area (Å²) in [6.45, 7) is 6.96. The third kappa shape index (κ3) is 3.84. The van der Waals surface area contributed by atoms with Crippen molar-refractivity contribution in [1.29, 1.82) is 0 Å². The van der Waals surface area contributed by atoms with Crippen molar-refractivity contribution in [3.8, 4) is 0 Å². The lowest BCUT2D eigenvalue weighted by molar-refractivity contribution is 0.0519. The van der Waals surface area contributed by atoms with Crippen LogP contribution in [0.3, 0.4) is 0 Å². The minimum Gasteiger partial charge on any atom is -0.461 e. The molecule has 21 heavy (non-hydrogen) atoms. The van der Waals surface area contributed by atoms with E-state index in [1.165, 1.54) is 11.8 Å². The number of hydrogen-bond donors (Lipinski definition) is 1. The van der Waals surface area contributed by atoms with Gasteiger partial charge >= 0.3 is 5.97 Å². The predicted molar refractivity (Wildman–Crippen MR) is 80.4 cm³/mol. The minimum atomic E-state index is -0.475. The van der Waals surface area contributed by atoms with Crippen LogP contribution in [0.2, 0.25) is 0 Å². The van der Waals surface area contributed by atoms with E-state index in [0.717, 1.165) is 0 Å². The van der Waals surface area contributed by atoms with E-state index in [0.29, 0.717) is 19.2 Å². The SMILES string of the molecule is CCOC(=O)c1coc(NCC(C)(C)c2ccccc2)n1. The molecule has 2 rings (SSSR count). The van der Waals surface area contributed by atoms with Crippen LogP contribution >= 0.6 is 0 Å². The van der Waals surface area contributed by atoms with Crippen molar-refractivity contribution in [1.82, 2.24) is 4.98 Å². The van der Waals surface area contributed by atoms with Gasteiger partial charge in [-0.1, -0.05) is 44.2 Å². The van der Waals surface area contributed by atoms with E-state index in [1.54, 1.807) is 6.92 Å².